The third-order valence-corrected chi connectivity index (χ3v) is 2.66. The highest BCUT2D eigenvalue weighted by Crippen LogP contribution is 2.25. The molecule has 1 fully saturated rings. The van der Waals surface area contributed by atoms with Gasteiger partial charge in [0.15, 0.2) is 0 Å². The van der Waals surface area contributed by atoms with E-state index in [4.69, 9.17) is 5.84 Å². The fourth-order valence-electron chi connectivity index (χ4n) is 1.74. The topological polar surface area (TPSA) is 38.0 Å². The number of hydrogen-bond donors (Lipinski definition) is 2. The average molecular weight is 215 g/mol. The molecule has 0 saturated heterocycles. The lowest BCUT2D eigenvalue weighted by atomic mass is 9.85. The molecule has 0 aromatic rings. The molecule has 3 N–H and O–H groups in total. The maximum absolute atomic E-state index is 5.34. The summed E-state index contributed by atoms with van der Waals surface area (Å²) in [6.07, 6.45) is 6.62. The van der Waals surface area contributed by atoms with Crippen LogP contribution in [0.1, 0.15) is 39.0 Å². The van der Waals surface area contributed by atoms with Gasteiger partial charge in [-0.1, -0.05) is 13.3 Å². The van der Waals surface area contributed by atoms with E-state index >= 15 is 0 Å². The van der Waals surface area contributed by atoms with Gasteiger partial charge in [0.2, 0.25) is 0 Å². The zero-order chi connectivity index (χ0) is 7.40. The fraction of sp³-hybridized carbons (Fsp3) is 1.00. The van der Waals surface area contributed by atoms with Crippen LogP contribution >= 0.6 is 24.8 Å². The standard InChI is InChI=1S/C8H18N2.2ClH/c1-2-7-3-5-8(10-9)6-4-7;;/h7-8,10H,2-6,9H2,1H3;2*1H. The second-order valence-electron chi connectivity index (χ2n) is 3.29. The Balaban J connectivity index is 0. The summed E-state index contributed by atoms with van der Waals surface area (Å²) in [7, 11) is 0. The van der Waals surface area contributed by atoms with E-state index in [1.165, 1.54) is 32.1 Å². The lowest BCUT2D eigenvalue weighted by Gasteiger charge is -2.26. The largest absolute Gasteiger partial charge is 0.271 e. The molecule has 0 aromatic carbocycles. The molecule has 1 saturated carbocycles. The Morgan fingerprint density at radius 3 is 2.00 bits per heavy atom. The number of hydrazine groups is 1. The van der Waals surface area contributed by atoms with Crippen molar-refractivity contribution >= 4 is 24.8 Å². The van der Waals surface area contributed by atoms with E-state index in [0.29, 0.717) is 6.04 Å². The Bertz CT molecular complexity index is 81.1. The lowest BCUT2D eigenvalue weighted by molar-refractivity contribution is 0.288. The van der Waals surface area contributed by atoms with Gasteiger partial charge in [-0.3, -0.25) is 11.3 Å². The summed E-state index contributed by atoms with van der Waals surface area (Å²) < 4.78 is 0. The molecular formula is C8H20Cl2N2. The van der Waals surface area contributed by atoms with Crippen LogP contribution in [0.25, 0.3) is 0 Å². The van der Waals surface area contributed by atoms with Gasteiger partial charge in [0.1, 0.15) is 0 Å². The van der Waals surface area contributed by atoms with Crippen molar-refractivity contribution in [3.8, 4) is 0 Å². The van der Waals surface area contributed by atoms with E-state index in [2.05, 4.69) is 12.3 Å². The van der Waals surface area contributed by atoms with E-state index in [9.17, 15) is 0 Å². The molecule has 0 bridgehead atoms. The van der Waals surface area contributed by atoms with E-state index in [1.54, 1.807) is 0 Å². The first-order chi connectivity index (χ1) is 4.86. The van der Waals surface area contributed by atoms with Crippen molar-refractivity contribution in [2.24, 2.45) is 11.8 Å². The first-order valence-corrected chi connectivity index (χ1v) is 4.33. The molecule has 0 atom stereocenters. The Kier molecular flexibility index (Phi) is 10.1. The molecule has 0 aliphatic heterocycles. The van der Waals surface area contributed by atoms with Crippen molar-refractivity contribution in [3.63, 3.8) is 0 Å². The Labute approximate surface area is 87.5 Å². The van der Waals surface area contributed by atoms with Crippen LogP contribution in [0.5, 0.6) is 0 Å². The van der Waals surface area contributed by atoms with Crippen molar-refractivity contribution in [2.75, 3.05) is 0 Å². The summed E-state index contributed by atoms with van der Waals surface area (Å²) in [5.74, 6) is 6.32. The van der Waals surface area contributed by atoms with Crippen LogP contribution in [-0.4, -0.2) is 6.04 Å². The van der Waals surface area contributed by atoms with Gasteiger partial charge in [-0.15, -0.1) is 24.8 Å². The van der Waals surface area contributed by atoms with E-state index in [-0.39, 0.29) is 24.8 Å². The fourth-order valence-corrected chi connectivity index (χ4v) is 1.74. The number of halogens is 2. The molecule has 2 nitrogen and oxygen atoms in total. The van der Waals surface area contributed by atoms with E-state index in [0.717, 1.165) is 5.92 Å². The van der Waals surface area contributed by atoms with Crippen LogP contribution in [0.15, 0.2) is 0 Å². The second kappa shape index (κ2) is 8.11. The van der Waals surface area contributed by atoms with Gasteiger partial charge < -0.3 is 0 Å². The number of nitrogens with one attached hydrogen (secondary N) is 1. The minimum absolute atomic E-state index is 0. The normalized spacial score (nSPS) is 28.5. The molecule has 0 spiro atoms. The molecule has 0 radical (unpaired) electrons. The molecule has 0 unspecified atom stereocenters. The van der Waals surface area contributed by atoms with Gasteiger partial charge in [-0.05, 0) is 31.6 Å². The molecule has 76 valence electrons. The number of hydrogen-bond acceptors (Lipinski definition) is 2. The van der Waals surface area contributed by atoms with Crippen molar-refractivity contribution in [3.05, 3.63) is 0 Å². The second-order valence-corrected chi connectivity index (χ2v) is 3.29. The third-order valence-electron chi connectivity index (χ3n) is 2.66. The zero-order valence-corrected chi connectivity index (χ0v) is 9.22. The number of rotatable bonds is 2. The summed E-state index contributed by atoms with van der Waals surface area (Å²) in [6, 6.07) is 0.600. The predicted octanol–water partition coefficient (Wildman–Crippen LogP) is 2.26. The monoisotopic (exact) mass is 214 g/mol. The molecule has 1 aliphatic rings. The Morgan fingerprint density at radius 2 is 1.67 bits per heavy atom. The summed E-state index contributed by atoms with van der Waals surface area (Å²) in [5, 5.41) is 0. The van der Waals surface area contributed by atoms with Crippen molar-refractivity contribution in [1.29, 1.82) is 0 Å². The highest BCUT2D eigenvalue weighted by atomic mass is 35.5. The maximum Gasteiger partial charge on any atom is 0.0210 e. The average Bonchev–Trinajstić information content (AvgIpc) is 2.05. The van der Waals surface area contributed by atoms with Crippen molar-refractivity contribution in [1.82, 2.24) is 5.43 Å². The van der Waals surface area contributed by atoms with Gasteiger partial charge in [-0.2, -0.15) is 0 Å². The third kappa shape index (κ3) is 4.51. The molecular weight excluding hydrogens is 195 g/mol. The summed E-state index contributed by atoms with van der Waals surface area (Å²) in [4.78, 5) is 0. The van der Waals surface area contributed by atoms with Crippen LogP contribution in [-0.2, 0) is 0 Å². The molecule has 0 heterocycles. The van der Waals surface area contributed by atoms with Crippen LogP contribution in [0.3, 0.4) is 0 Å². The minimum Gasteiger partial charge on any atom is -0.271 e. The van der Waals surface area contributed by atoms with Crippen LogP contribution in [0.2, 0.25) is 0 Å². The SMILES string of the molecule is CCC1CCC(NN)CC1.Cl.Cl. The minimum atomic E-state index is 0. The summed E-state index contributed by atoms with van der Waals surface area (Å²) >= 11 is 0. The first kappa shape index (κ1) is 15.0. The highest BCUT2D eigenvalue weighted by Gasteiger charge is 2.17. The molecule has 1 rings (SSSR count). The predicted molar refractivity (Wildman–Crippen MR) is 57.9 cm³/mol. The van der Waals surface area contributed by atoms with Gasteiger partial charge in [0.25, 0.3) is 0 Å². The van der Waals surface area contributed by atoms with Crippen LogP contribution in [0.4, 0.5) is 0 Å². The van der Waals surface area contributed by atoms with Crippen LogP contribution in [0, 0.1) is 5.92 Å². The van der Waals surface area contributed by atoms with Gasteiger partial charge in [-0.25, -0.2) is 0 Å². The molecule has 1 aliphatic carbocycles. The Hall–Kier alpha value is 0.500. The quantitative estimate of drug-likeness (QED) is 0.547. The zero-order valence-electron chi connectivity index (χ0n) is 7.58. The van der Waals surface area contributed by atoms with E-state index in [1.807, 2.05) is 0 Å². The smallest absolute Gasteiger partial charge is 0.0210 e. The van der Waals surface area contributed by atoms with Crippen molar-refractivity contribution in [2.45, 2.75) is 45.1 Å². The Morgan fingerprint density at radius 1 is 1.17 bits per heavy atom. The number of nitrogens with two attached hydrogens (primary N) is 1. The van der Waals surface area contributed by atoms with Gasteiger partial charge in [0.05, 0.1) is 0 Å². The van der Waals surface area contributed by atoms with Crippen LogP contribution < -0.4 is 11.3 Å². The molecule has 0 amide bonds. The summed E-state index contributed by atoms with van der Waals surface area (Å²) in [5.41, 5.74) is 2.85. The lowest BCUT2D eigenvalue weighted by Crippen LogP contribution is -2.37. The van der Waals surface area contributed by atoms with Gasteiger partial charge >= 0.3 is 0 Å². The summed E-state index contributed by atoms with van der Waals surface area (Å²) in [6.45, 7) is 2.28. The highest BCUT2D eigenvalue weighted by molar-refractivity contribution is 5.85. The molecule has 4 heteroatoms. The van der Waals surface area contributed by atoms with Crippen molar-refractivity contribution < 1.29 is 0 Å². The first-order valence-electron chi connectivity index (χ1n) is 4.33. The van der Waals surface area contributed by atoms with Gasteiger partial charge in [0, 0.05) is 6.04 Å². The van der Waals surface area contributed by atoms with E-state index < -0.39 is 0 Å². The maximum atomic E-state index is 5.34. The molecule has 12 heavy (non-hydrogen) atoms. The molecule has 0 aromatic heterocycles.